The fourth-order valence-electron chi connectivity index (χ4n) is 4.21. The van der Waals surface area contributed by atoms with Crippen LogP contribution in [0.25, 0.3) is 6.08 Å². The second-order valence-corrected chi connectivity index (χ2v) is 9.48. The fraction of sp³-hybridized carbons (Fsp3) is 0.310. The molecule has 0 bridgehead atoms. The van der Waals surface area contributed by atoms with Crippen LogP contribution in [0.2, 0.25) is 0 Å². The summed E-state index contributed by atoms with van der Waals surface area (Å²) in [6.07, 6.45) is 1.74. The van der Waals surface area contributed by atoms with E-state index in [0.717, 1.165) is 5.56 Å². The van der Waals surface area contributed by atoms with Crippen molar-refractivity contribution in [2.45, 2.75) is 33.7 Å². The van der Waals surface area contributed by atoms with E-state index in [2.05, 4.69) is 4.99 Å². The van der Waals surface area contributed by atoms with Gasteiger partial charge in [0.1, 0.15) is 11.5 Å². The van der Waals surface area contributed by atoms with Crippen LogP contribution in [0.15, 0.2) is 69.6 Å². The van der Waals surface area contributed by atoms with Crippen LogP contribution in [0.1, 0.15) is 44.9 Å². The van der Waals surface area contributed by atoms with Crippen LogP contribution in [-0.4, -0.2) is 42.9 Å². The Hall–Kier alpha value is -4.18. The smallest absolute Gasteiger partial charge is 0.344 e. The maximum absolute atomic E-state index is 13.8. The molecule has 1 atom stereocenters. The number of esters is 2. The van der Waals surface area contributed by atoms with E-state index in [9.17, 15) is 14.4 Å². The first-order valence-electron chi connectivity index (χ1n) is 12.7. The van der Waals surface area contributed by atoms with Gasteiger partial charge in [0.2, 0.25) is 0 Å². The van der Waals surface area contributed by atoms with E-state index in [1.807, 2.05) is 37.3 Å². The summed E-state index contributed by atoms with van der Waals surface area (Å²) in [7, 11) is 0. The van der Waals surface area contributed by atoms with Crippen molar-refractivity contribution >= 4 is 29.4 Å². The number of benzene rings is 2. The number of nitrogens with zero attached hydrogens (tertiary/aromatic N) is 2. The summed E-state index contributed by atoms with van der Waals surface area (Å²) in [5.41, 5.74) is 1.96. The van der Waals surface area contributed by atoms with E-state index in [1.165, 1.54) is 15.9 Å². The molecule has 0 N–H and O–H groups in total. The van der Waals surface area contributed by atoms with Crippen molar-refractivity contribution in [1.29, 1.82) is 0 Å². The SMILES string of the molecule is CCOC(=O)COc1cccc(/C=c2\sc3n(c2=O)[C@H](c2ccc(OCC)cc2)C(C(=O)OCC)=C(C)N=3)c1. The predicted octanol–water partition coefficient (Wildman–Crippen LogP) is 3.14. The summed E-state index contributed by atoms with van der Waals surface area (Å²) in [6, 6.07) is 13.7. The molecule has 1 aliphatic rings. The van der Waals surface area contributed by atoms with Crippen molar-refractivity contribution in [2.24, 2.45) is 4.99 Å². The average Bonchev–Trinajstić information content (AvgIpc) is 3.22. The van der Waals surface area contributed by atoms with E-state index >= 15 is 0 Å². The summed E-state index contributed by atoms with van der Waals surface area (Å²) in [4.78, 5) is 43.5. The molecule has 0 saturated carbocycles. The van der Waals surface area contributed by atoms with Crippen LogP contribution in [0.5, 0.6) is 11.5 Å². The highest BCUT2D eigenvalue weighted by Crippen LogP contribution is 2.31. The number of allylic oxidation sites excluding steroid dienone is 1. The lowest BCUT2D eigenvalue weighted by molar-refractivity contribution is -0.145. The van der Waals surface area contributed by atoms with Gasteiger partial charge in [-0.1, -0.05) is 35.6 Å². The number of carbonyl (C=O) groups excluding carboxylic acids is 2. The molecule has 1 aliphatic heterocycles. The molecule has 10 heteroatoms. The van der Waals surface area contributed by atoms with Gasteiger partial charge in [0, 0.05) is 0 Å². The number of thiazole rings is 1. The maximum Gasteiger partial charge on any atom is 0.344 e. The summed E-state index contributed by atoms with van der Waals surface area (Å²) >= 11 is 1.23. The lowest BCUT2D eigenvalue weighted by Crippen LogP contribution is -2.39. The van der Waals surface area contributed by atoms with Crippen LogP contribution in [0, 0.1) is 0 Å². The number of carbonyl (C=O) groups is 2. The Bertz CT molecular complexity index is 1570. The molecular formula is C29H30N2O7S. The molecule has 0 spiro atoms. The zero-order valence-electron chi connectivity index (χ0n) is 22.3. The Kier molecular flexibility index (Phi) is 8.98. The molecule has 2 heterocycles. The quantitative estimate of drug-likeness (QED) is 0.357. The highest BCUT2D eigenvalue weighted by atomic mass is 32.1. The van der Waals surface area contributed by atoms with Crippen molar-refractivity contribution in [2.75, 3.05) is 26.4 Å². The highest BCUT2D eigenvalue weighted by Gasteiger charge is 2.33. The normalized spacial score (nSPS) is 14.9. The summed E-state index contributed by atoms with van der Waals surface area (Å²) in [5.74, 6) is 0.186. The van der Waals surface area contributed by atoms with Gasteiger partial charge in [-0.05, 0) is 69.2 Å². The van der Waals surface area contributed by atoms with Gasteiger partial charge in [-0.2, -0.15) is 0 Å². The standard InChI is InChI=1S/C29H30N2O7S/c1-5-35-21-13-11-20(12-14-21)26-25(28(34)37-7-3)18(4)30-29-31(26)27(33)23(39-29)16-19-9-8-10-22(15-19)38-17-24(32)36-6-2/h8-16,26H,5-7,17H2,1-4H3/b23-16-/t26-/m1/s1. The second kappa shape index (κ2) is 12.6. The van der Waals surface area contributed by atoms with Gasteiger partial charge in [-0.25, -0.2) is 14.6 Å². The maximum atomic E-state index is 13.8. The van der Waals surface area contributed by atoms with E-state index in [-0.39, 0.29) is 25.4 Å². The van der Waals surface area contributed by atoms with Gasteiger partial charge < -0.3 is 18.9 Å². The van der Waals surface area contributed by atoms with Crippen LogP contribution in [-0.2, 0) is 19.1 Å². The molecule has 0 fully saturated rings. The summed E-state index contributed by atoms with van der Waals surface area (Å²) in [5, 5.41) is 0. The van der Waals surface area contributed by atoms with Crippen molar-refractivity contribution in [3.05, 3.63) is 90.6 Å². The Morgan fingerprint density at radius 1 is 0.974 bits per heavy atom. The monoisotopic (exact) mass is 550 g/mol. The minimum absolute atomic E-state index is 0.199. The molecule has 2 aromatic carbocycles. The zero-order valence-corrected chi connectivity index (χ0v) is 23.1. The number of fused-ring (bicyclic) bond motifs is 1. The number of rotatable bonds is 10. The van der Waals surface area contributed by atoms with Gasteiger partial charge in [-0.3, -0.25) is 9.36 Å². The average molecular weight is 551 g/mol. The molecule has 0 unspecified atom stereocenters. The van der Waals surface area contributed by atoms with Gasteiger partial charge in [-0.15, -0.1) is 0 Å². The topological polar surface area (TPSA) is 105 Å². The van der Waals surface area contributed by atoms with Crippen LogP contribution < -0.4 is 24.4 Å². The van der Waals surface area contributed by atoms with Crippen molar-refractivity contribution in [1.82, 2.24) is 4.57 Å². The molecule has 0 amide bonds. The van der Waals surface area contributed by atoms with E-state index < -0.39 is 18.0 Å². The predicted molar refractivity (Wildman–Crippen MR) is 147 cm³/mol. The molecular weight excluding hydrogens is 520 g/mol. The minimum atomic E-state index is -0.711. The largest absolute Gasteiger partial charge is 0.494 e. The molecule has 1 aromatic heterocycles. The van der Waals surface area contributed by atoms with Gasteiger partial charge in [0.05, 0.1) is 41.7 Å². The first-order valence-corrected chi connectivity index (χ1v) is 13.5. The molecule has 0 aliphatic carbocycles. The highest BCUT2D eigenvalue weighted by molar-refractivity contribution is 7.07. The summed E-state index contributed by atoms with van der Waals surface area (Å²) < 4.78 is 23.3. The Balaban J connectivity index is 1.77. The summed E-state index contributed by atoms with van der Waals surface area (Å²) in [6.45, 7) is 7.90. The van der Waals surface area contributed by atoms with Crippen LogP contribution >= 0.6 is 11.3 Å². The molecule has 39 heavy (non-hydrogen) atoms. The van der Waals surface area contributed by atoms with Gasteiger partial charge in [0.25, 0.3) is 5.56 Å². The third-order valence-electron chi connectivity index (χ3n) is 5.84. The third-order valence-corrected chi connectivity index (χ3v) is 6.82. The van der Waals surface area contributed by atoms with Crippen LogP contribution in [0.4, 0.5) is 0 Å². The van der Waals surface area contributed by atoms with E-state index in [1.54, 1.807) is 45.0 Å². The lowest BCUT2D eigenvalue weighted by atomic mass is 9.96. The molecule has 4 rings (SSSR count). The lowest BCUT2D eigenvalue weighted by Gasteiger charge is -2.24. The molecule has 0 radical (unpaired) electrons. The molecule has 3 aromatic rings. The number of aromatic nitrogens is 1. The third kappa shape index (κ3) is 6.28. The fourth-order valence-corrected chi connectivity index (χ4v) is 5.26. The Morgan fingerprint density at radius 3 is 2.41 bits per heavy atom. The van der Waals surface area contributed by atoms with Crippen molar-refractivity contribution in [3.63, 3.8) is 0 Å². The number of ether oxygens (including phenoxy) is 4. The van der Waals surface area contributed by atoms with E-state index in [4.69, 9.17) is 18.9 Å². The van der Waals surface area contributed by atoms with Crippen molar-refractivity contribution < 1.29 is 28.5 Å². The Morgan fingerprint density at radius 2 is 1.72 bits per heavy atom. The van der Waals surface area contributed by atoms with Gasteiger partial charge in [0.15, 0.2) is 11.4 Å². The molecule has 9 nitrogen and oxygen atoms in total. The van der Waals surface area contributed by atoms with E-state index in [0.29, 0.717) is 44.3 Å². The molecule has 0 saturated heterocycles. The van der Waals surface area contributed by atoms with Gasteiger partial charge >= 0.3 is 11.9 Å². The first-order chi connectivity index (χ1) is 18.9. The first kappa shape index (κ1) is 27.8. The minimum Gasteiger partial charge on any atom is -0.494 e. The number of hydrogen-bond donors (Lipinski definition) is 0. The van der Waals surface area contributed by atoms with Crippen molar-refractivity contribution in [3.8, 4) is 11.5 Å². The molecule has 204 valence electrons. The zero-order chi connectivity index (χ0) is 27.9. The van der Waals surface area contributed by atoms with Crippen LogP contribution in [0.3, 0.4) is 0 Å². The second-order valence-electron chi connectivity index (χ2n) is 8.47. The Labute approximate surface area is 229 Å². The number of hydrogen-bond acceptors (Lipinski definition) is 9.